The predicted molar refractivity (Wildman–Crippen MR) is 103 cm³/mol. The van der Waals surface area contributed by atoms with Crippen LogP contribution in [0.1, 0.15) is 20.7 Å². The fourth-order valence-electron chi connectivity index (χ4n) is 2.25. The van der Waals surface area contributed by atoms with E-state index in [1.807, 2.05) is 0 Å². The second-order valence-electron chi connectivity index (χ2n) is 5.45. The number of anilines is 2. The minimum Gasteiger partial charge on any atom is -0.339 e. The number of benzene rings is 2. The molecule has 0 aliphatic rings. The monoisotopic (exact) mass is 428 g/mol. The van der Waals surface area contributed by atoms with E-state index in [1.54, 1.807) is 42.5 Å². The van der Waals surface area contributed by atoms with Gasteiger partial charge in [0, 0.05) is 21.9 Å². The maximum absolute atomic E-state index is 13.3. The molecule has 0 bridgehead atoms. The average Bonchev–Trinajstić information content (AvgIpc) is 2.67. The summed E-state index contributed by atoms with van der Waals surface area (Å²) in [6.45, 7) is 0. The van der Waals surface area contributed by atoms with Crippen molar-refractivity contribution in [2.24, 2.45) is 0 Å². The molecule has 0 aliphatic heterocycles. The highest BCUT2D eigenvalue weighted by atomic mass is 79.9. The van der Waals surface area contributed by atoms with Gasteiger partial charge in [-0.25, -0.2) is 9.37 Å². The Hall–Kier alpha value is -3.26. The summed E-state index contributed by atoms with van der Waals surface area (Å²) < 4.78 is 14.2. The van der Waals surface area contributed by atoms with E-state index in [1.165, 1.54) is 24.4 Å². The summed E-state index contributed by atoms with van der Waals surface area (Å²) in [5, 5.41) is 2.89. The number of hydrogen-bond acceptors (Lipinski definition) is 4. The fraction of sp³-hybridized carbons (Fsp3) is 0. The molecule has 0 saturated carbocycles. The summed E-state index contributed by atoms with van der Waals surface area (Å²) >= 11 is 3.29. The van der Waals surface area contributed by atoms with Gasteiger partial charge >= 0.3 is 0 Å². The van der Waals surface area contributed by atoms with Gasteiger partial charge in [0.05, 0.1) is 5.56 Å². The van der Waals surface area contributed by atoms with Crippen LogP contribution >= 0.6 is 15.9 Å². The van der Waals surface area contributed by atoms with Gasteiger partial charge in [-0.2, -0.15) is 0 Å². The van der Waals surface area contributed by atoms with E-state index in [-0.39, 0.29) is 11.4 Å². The van der Waals surface area contributed by atoms with Crippen LogP contribution in [0.3, 0.4) is 0 Å². The third-order valence-electron chi connectivity index (χ3n) is 3.54. The molecule has 3 rings (SSSR count). The van der Waals surface area contributed by atoms with Gasteiger partial charge in [0.1, 0.15) is 11.6 Å². The Labute approximate surface area is 162 Å². The second-order valence-corrected chi connectivity index (χ2v) is 6.37. The molecule has 2 amide bonds. The van der Waals surface area contributed by atoms with Gasteiger partial charge in [-0.05, 0) is 54.6 Å². The lowest BCUT2D eigenvalue weighted by Crippen LogP contribution is -2.41. The number of aromatic nitrogens is 1. The molecule has 0 unspecified atom stereocenters. The molecule has 3 N–H and O–H groups in total. The van der Waals surface area contributed by atoms with Gasteiger partial charge in [-0.3, -0.25) is 20.4 Å². The van der Waals surface area contributed by atoms with Crippen LogP contribution in [0.15, 0.2) is 71.3 Å². The lowest BCUT2D eigenvalue weighted by atomic mass is 10.2. The normalized spacial score (nSPS) is 10.1. The van der Waals surface area contributed by atoms with Crippen molar-refractivity contribution < 1.29 is 14.0 Å². The SMILES string of the molecule is O=C(NNC(=O)c1cccnc1Nc1cccc(F)c1)c1ccc(Br)cc1. The number of hydrazine groups is 1. The van der Waals surface area contributed by atoms with Crippen LogP contribution in [0.4, 0.5) is 15.9 Å². The highest BCUT2D eigenvalue weighted by molar-refractivity contribution is 9.10. The Balaban J connectivity index is 1.69. The standard InChI is InChI=1S/C19H14BrFN4O2/c20-13-8-6-12(7-9-13)18(26)24-25-19(27)16-5-2-10-22-17(16)23-15-4-1-3-14(21)11-15/h1-11H,(H,22,23)(H,24,26)(H,25,27). The molecule has 6 nitrogen and oxygen atoms in total. The molecule has 0 radical (unpaired) electrons. The molecule has 136 valence electrons. The molecule has 1 aromatic heterocycles. The zero-order chi connectivity index (χ0) is 19.2. The highest BCUT2D eigenvalue weighted by Gasteiger charge is 2.14. The van der Waals surface area contributed by atoms with Crippen molar-refractivity contribution in [3.63, 3.8) is 0 Å². The molecule has 27 heavy (non-hydrogen) atoms. The third kappa shape index (κ3) is 4.89. The minimum atomic E-state index is -0.563. The Kier molecular flexibility index (Phi) is 5.77. The number of carbonyl (C=O) groups is 2. The van der Waals surface area contributed by atoms with E-state index < -0.39 is 17.6 Å². The number of carbonyl (C=O) groups excluding carboxylic acids is 2. The first kappa shape index (κ1) is 18.5. The summed E-state index contributed by atoms with van der Waals surface area (Å²) in [7, 11) is 0. The number of hydrogen-bond donors (Lipinski definition) is 3. The van der Waals surface area contributed by atoms with Crippen molar-refractivity contribution in [3.8, 4) is 0 Å². The first-order chi connectivity index (χ1) is 13.0. The topological polar surface area (TPSA) is 83.1 Å². The van der Waals surface area contributed by atoms with Crippen LogP contribution in [-0.2, 0) is 0 Å². The van der Waals surface area contributed by atoms with E-state index in [0.29, 0.717) is 11.3 Å². The van der Waals surface area contributed by atoms with Crippen LogP contribution in [0.25, 0.3) is 0 Å². The van der Waals surface area contributed by atoms with Gasteiger partial charge in [0.15, 0.2) is 0 Å². The first-order valence-corrected chi connectivity index (χ1v) is 8.66. The van der Waals surface area contributed by atoms with Gasteiger partial charge in [0.2, 0.25) is 0 Å². The lowest BCUT2D eigenvalue weighted by Gasteiger charge is -2.12. The molecule has 1 heterocycles. The largest absolute Gasteiger partial charge is 0.339 e. The predicted octanol–water partition coefficient (Wildman–Crippen LogP) is 3.80. The number of nitrogens with one attached hydrogen (secondary N) is 3. The van der Waals surface area contributed by atoms with Gasteiger partial charge in [-0.1, -0.05) is 22.0 Å². The van der Waals surface area contributed by atoms with Crippen molar-refractivity contribution in [2.75, 3.05) is 5.32 Å². The van der Waals surface area contributed by atoms with Gasteiger partial charge in [0.25, 0.3) is 11.8 Å². The van der Waals surface area contributed by atoms with Crippen LogP contribution < -0.4 is 16.2 Å². The number of halogens is 2. The number of amides is 2. The third-order valence-corrected chi connectivity index (χ3v) is 4.06. The van der Waals surface area contributed by atoms with E-state index in [2.05, 4.69) is 37.1 Å². The zero-order valence-electron chi connectivity index (χ0n) is 13.9. The Morgan fingerprint density at radius 2 is 1.67 bits per heavy atom. The Morgan fingerprint density at radius 1 is 0.926 bits per heavy atom. The Morgan fingerprint density at radius 3 is 2.41 bits per heavy atom. The fourth-order valence-corrected chi connectivity index (χ4v) is 2.51. The van der Waals surface area contributed by atoms with E-state index >= 15 is 0 Å². The van der Waals surface area contributed by atoms with E-state index in [0.717, 1.165) is 4.47 Å². The molecule has 0 saturated heterocycles. The highest BCUT2D eigenvalue weighted by Crippen LogP contribution is 2.19. The summed E-state index contributed by atoms with van der Waals surface area (Å²) in [6, 6.07) is 15.6. The van der Waals surface area contributed by atoms with Gasteiger partial charge in [-0.15, -0.1) is 0 Å². The van der Waals surface area contributed by atoms with Crippen LogP contribution in [0, 0.1) is 5.82 Å². The minimum absolute atomic E-state index is 0.192. The summed E-state index contributed by atoms with van der Waals surface area (Å²) in [5.74, 6) is -1.20. The molecule has 0 aliphatic carbocycles. The average molecular weight is 429 g/mol. The molecule has 8 heteroatoms. The maximum atomic E-state index is 13.3. The molecule has 0 fully saturated rings. The van der Waals surface area contributed by atoms with Crippen LogP contribution in [-0.4, -0.2) is 16.8 Å². The molecule has 0 atom stereocenters. The van der Waals surface area contributed by atoms with Crippen molar-refractivity contribution in [1.29, 1.82) is 0 Å². The van der Waals surface area contributed by atoms with Crippen molar-refractivity contribution >= 4 is 39.2 Å². The number of pyridine rings is 1. The van der Waals surface area contributed by atoms with Crippen molar-refractivity contribution in [1.82, 2.24) is 15.8 Å². The zero-order valence-corrected chi connectivity index (χ0v) is 15.5. The summed E-state index contributed by atoms with van der Waals surface area (Å²) in [4.78, 5) is 28.6. The molecule has 0 spiro atoms. The molecule has 2 aromatic carbocycles. The first-order valence-electron chi connectivity index (χ1n) is 7.87. The smallest absolute Gasteiger partial charge is 0.273 e. The lowest BCUT2D eigenvalue weighted by molar-refractivity contribution is 0.0847. The van der Waals surface area contributed by atoms with Gasteiger partial charge < -0.3 is 5.32 Å². The quantitative estimate of drug-likeness (QED) is 0.551. The van der Waals surface area contributed by atoms with E-state index in [9.17, 15) is 14.0 Å². The number of rotatable bonds is 4. The summed E-state index contributed by atoms with van der Waals surface area (Å²) in [6.07, 6.45) is 1.50. The number of nitrogens with zero attached hydrogens (tertiary/aromatic N) is 1. The maximum Gasteiger partial charge on any atom is 0.273 e. The molecular weight excluding hydrogens is 415 g/mol. The Bertz CT molecular complexity index is 979. The summed E-state index contributed by atoms with van der Waals surface area (Å²) in [5.41, 5.74) is 5.72. The second kappa shape index (κ2) is 8.41. The van der Waals surface area contributed by atoms with Crippen molar-refractivity contribution in [3.05, 3.63) is 88.3 Å². The molecule has 3 aromatic rings. The van der Waals surface area contributed by atoms with Crippen LogP contribution in [0.5, 0.6) is 0 Å². The van der Waals surface area contributed by atoms with Crippen LogP contribution in [0.2, 0.25) is 0 Å². The van der Waals surface area contributed by atoms with E-state index in [4.69, 9.17) is 0 Å². The molecular formula is C19H14BrFN4O2. The van der Waals surface area contributed by atoms with Crippen molar-refractivity contribution in [2.45, 2.75) is 0 Å².